The van der Waals surface area contributed by atoms with Crippen molar-refractivity contribution >= 4 is 0 Å². The van der Waals surface area contributed by atoms with Gasteiger partial charge in [-0.25, -0.2) is 0 Å². The van der Waals surface area contributed by atoms with E-state index >= 15 is 0 Å². The molecular weight excluding hydrogens is 224 g/mol. The number of hydrogen-bond donors (Lipinski definition) is 2. The topological polar surface area (TPSA) is 68.2 Å². The van der Waals surface area contributed by atoms with Gasteiger partial charge in [-0.3, -0.25) is 0 Å². The summed E-state index contributed by atoms with van der Waals surface area (Å²) in [7, 11) is 3.04. The van der Waals surface area contributed by atoms with Crippen molar-refractivity contribution in [2.45, 2.75) is 12.7 Å². The summed E-state index contributed by atoms with van der Waals surface area (Å²) in [5, 5.41) is 18.5. The minimum absolute atomic E-state index is 0.0685. The molecule has 1 aromatic rings. The van der Waals surface area contributed by atoms with Crippen LogP contribution in [0.3, 0.4) is 0 Å². The van der Waals surface area contributed by atoms with Gasteiger partial charge in [-0.05, 0) is 17.7 Å². The van der Waals surface area contributed by atoms with Gasteiger partial charge in [0.05, 0.1) is 20.3 Å². The van der Waals surface area contributed by atoms with Crippen LogP contribution in [0.4, 0.5) is 0 Å². The van der Waals surface area contributed by atoms with E-state index in [0.29, 0.717) is 11.5 Å². The molecule has 17 heavy (non-hydrogen) atoms. The molecule has 0 bridgehead atoms. The fraction of sp³-hybridized carbons (Fsp3) is 0.500. The van der Waals surface area contributed by atoms with Crippen molar-refractivity contribution in [3.63, 3.8) is 0 Å². The lowest BCUT2D eigenvalue weighted by molar-refractivity contribution is 0.0319. The number of hydrogen-bond acceptors (Lipinski definition) is 5. The van der Waals surface area contributed by atoms with Gasteiger partial charge in [0.1, 0.15) is 12.7 Å². The molecule has 0 amide bonds. The Balaban J connectivity index is 2.67. The first-order valence-corrected chi connectivity index (χ1v) is 5.28. The normalized spacial score (nSPS) is 12.2. The van der Waals surface area contributed by atoms with Crippen molar-refractivity contribution in [2.75, 3.05) is 27.4 Å². The Morgan fingerprint density at radius 1 is 1.18 bits per heavy atom. The lowest BCUT2D eigenvalue weighted by Crippen LogP contribution is -2.22. The number of aliphatic hydroxyl groups is 2. The zero-order valence-corrected chi connectivity index (χ0v) is 10.0. The van der Waals surface area contributed by atoms with Gasteiger partial charge < -0.3 is 24.4 Å². The smallest absolute Gasteiger partial charge is 0.161 e. The molecule has 1 aromatic carbocycles. The molecule has 1 rings (SSSR count). The van der Waals surface area contributed by atoms with Gasteiger partial charge >= 0.3 is 0 Å². The van der Waals surface area contributed by atoms with Crippen LogP contribution in [-0.4, -0.2) is 43.8 Å². The van der Waals surface area contributed by atoms with Crippen molar-refractivity contribution < 1.29 is 24.4 Å². The summed E-state index contributed by atoms with van der Waals surface area (Å²) in [6, 6.07) is 5.14. The molecule has 0 saturated carbocycles. The fourth-order valence-corrected chi connectivity index (χ4v) is 1.36. The molecule has 5 nitrogen and oxygen atoms in total. The van der Waals surface area contributed by atoms with E-state index in [-0.39, 0.29) is 19.8 Å². The molecule has 2 N–H and O–H groups in total. The monoisotopic (exact) mass is 242 g/mol. The van der Waals surface area contributed by atoms with Gasteiger partial charge in [0.25, 0.3) is 0 Å². The first kappa shape index (κ1) is 13.8. The van der Waals surface area contributed by atoms with E-state index in [1.54, 1.807) is 18.2 Å². The molecular formula is C12H18O5. The molecule has 0 radical (unpaired) electrons. The number of methoxy groups -OCH3 is 2. The lowest BCUT2D eigenvalue weighted by Gasteiger charge is -2.14. The van der Waals surface area contributed by atoms with Crippen molar-refractivity contribution in [3.8, 4) is 11.5 Å². The molecule has 0 aliphatic heterocycles. The molecule has 0 aliphatic carbocycles. The van der Waals surface area contributed by atoms with Gasteiger partial charge in [-0.15, -0.1) is 0 Å². The summed E-state index contributed by atoms with van der Waals surface area (Å²) in [4.78, 5) is 0. The van der Waals surface area contributed by atoms with Crippen LogP contribution < -0.4 is 9.47 Å². The van der Waals surface area contributed by atoms with Gasteiger partial charge in [0.2, 0.25) is 0 Å². The molecule has 0 heterocycles. The predicted octanol–water partition coefficient (Wildman–Crippen LogP) is 0.574. The second-order valence-electron chi connectivity index (χ2n) is 3.56. The van der Waals surface area contributed by atoms with Crippen molar-refractivity contribution in [2.24, 2.45) is 0 Å². The van der Waals surface area contributed by atoms with Crippen LogP contribution in [-0.2, 0) is 11.3 Å². The van der Waals surface area contributed by atoms with Crippen molar-refractivity contribution in [1.29, 1.82) is 0 Å². The quantitative estimate of drug-likeness (QED) is 0.731. The Morgan fingerprint density at radius 3 is 2.53 bits per heavy atom. The van der Waals surface area contributed by atoms with Crippen molar-refractivity contribution in [3.05, 3.63) is 23.8 Å². The molecule has 0 aliphatic rings. The first-order valence-electron chi connectivity index (χ1n) is 5.28. The van der Waals surface area contributed by atoms with E-state index < -0.39 is 6.10 Å². The highest BCUT2D eigenvalue weighted by Gasteiger charge is 2.09. The van der Waals surface area contributed by atoms with E-state index in [0.717, 1.165) is 5.56 Å². The summed E-state index contributed by atoms with van der Waals surface area (Å²) in [5.41, 5.74) is 0.724. The summed E-state index contributed by atoms with van der Waals surface area (Å²) in [6.45, 7) is 0.252. The van der Waals surface area contributed by atoms with E-state index in [1.807, 2.05) is 0 Å². The van der Waals surface area contributed by atoms with Crippen LogP contribution in [0.2, 0.25) is 0 Å². The molecule has 0 spiro atoms. The molecule has 0 aromatic heterocycles. The van der Waals surface area contributed by atoms with Gasteiger partial charge in [-0.2, -0.15) is 0 Å². The Hall–Kier alpha value is -1.30. The molecule has 1 atom stereocenters. The third kappa shape index (κ3) is 4.22. The maximum atomic E-state index is 9.46. The SMILES string of the molecule is COCC(O)COc1cc(CO)ccc1OC. The zero-order valence-electron chi connectivity index (χ0n) is 10.0. The third-order valence-electron chi connectivity index (χ3n) is 2.20. The Labute approximate surface area is 101 Å². The Kier molecular flexibility index (Phi) is 5.76. The number of ether oxygens (including phenoxy) is 3. The molecule has 5 heteroatoms. The summed E-state index contributed by atoms with van der Waals surface area (Å²) < 4.78 is 15.3. The highest BCUT2D eigenvalue weighted by Crippen LogP contribution is 2.28. The minimum atomic E-state index is -0.692. The van der Waals surface area contributed by atoms with Crippen LogP contribution in [0.25, 0.3) is 0 Å². The lowest BCUT2D eigenvalue weighted by atomic mass is 10.2. The van der Waals surface area contributed by atoms with Crippen LogP contribution in [0.1, 0.15) is 5.56 Å². The first-order chi connectivity index (χ1) is 8.21. The average molecular weight is 242 g/mol. The second-order valence-corrected chi connectivity index (χ2v) is 3.56. The second kappa shape index (κ2) is 7.11. The van der Waals surface area contributed by atoms with Crippen LogP contribution in [0.5, 0.6) is 11.5 Å². The van der Waals surface area contributed by atoms with Gasteiger partial charge in [-0.1, -0.05) is 6.07 Å². The summed E-state index contributed by atoms with van der Waals surface area (Å²) in [6.07, 6.45) is -0.692. The molecule has 1 unspecified atom stereocenters. The third-order valence-corrected chi connectivity index (χ3v) is 2.20. The molecule has 0 saturated heterocycles. The fourth-order valence-electron chi connectivity index (χ4n) is 1.36. The predicted molar refractivity (Wildman–Crippen MR) is 62.3 cm³/mol. The zero-order chi connectivity index (χ0) is 12.7. The van der Waals surface area contributed by atoms with E-state index in [4.69, 9.17) is 19.3 Å². The average Bonchev–Trinajstić information content (AvgIpc) is 2.36. The summed E-state index contributed by atoms with van der Waals surface area (Å²) >= 11 is 0. The Bertz CT molecular complexity index is 340. The van der Waals surface area contributed by atoms with E-state index in [1.165, 1.54) is 14.2 Å². The van der Waals surface area contributed by atoms with Gasteiger partial charge in [0, 0.05) is 7.11 Å². The van der Waals surface area contributed by atoms with Gasteiger partial charge in [0.15, 0.2) is 11.5 Å². The number of benzene rings is 1. The minimum Gasteiger partial charge on any atom is -0.493 e. The highest BCUT2D eigenvalue weighted by molar-refractivity contribution is 5.42. The van der Waals surface area contributed by atoms with Crippen molar-refractivity contribution in [1.82, 2.24) is 0 Å². The highest BCUT2D eigenvalue weighted by atomic mass is 16.5. The summed E-state index contributed by atoms with van der Waals surface area (Å²) in [5.74, 6) is 1.06. The van der Waals surface area contributed by atoms with Crippen LogP contribution in [0, 0.1) is 0 Å². The largest absolute Gasteiger partial charge is 0.493 e. The number of rotatable bonds is 7. The standard InChI is InChI=1S/C12H18O5/c1-15-7-10(14)8-17-12-5-9(6-13)3-4-11(12)16-2/h3-5,10,13-14H,6-8H2,1-2H3. The molecule has 96 valence electrons. The molecule has 0 fully saturated rings. The maximum Gasteiger partial charge on any atom is 0.161 e. The van der Waals surface area contributed by atoms with E-state index in [2.05, 4.69) is 0 Å². The van der Waals surface area contributed by atoms with Crippen LogP contribution in [0.15, 0.2) is 18.2 Å². The number of aliphatic hydroxyl groups excluding tert-OH is 2. The van der Waals surface area contributed by atoms with Crippen LogP contribution >= 0.6 is 0 Å². The van der Waals surface area contributed by atoms with E-state index in [9.17, 15) is 5.11 Å². The Morgan fingerprint density at radius 2 is 1.94 bits per heavy atom. The maximum absolute atomic E-state index is 9.46.